The van der Waals surface area contributed by atoms with Gasteiger partial charge in [-0.25, -0.2) is 0 Å². The number of rotatable bonds is 11. The molecule has 4 atom stereocenters. The normalized spacial score (nSPS) is 25.8. The highest BCUT2D eigenvalue weighted by Gasteiger charge is 2.58. The van der Waals surface area contributed by atoms with Crippen molar-refractivity contribution in [3.63, 3.8) is 0 Å². The van der Waals surface area contributed by atoms with Crippen LogP contribution in [-0.2, 0) is 41.7 Å². The second kappa shape index (κ2) is 12.2. The minimum atomic E-state index is -1.23. The van der Waals surface area contributed by atoms with E-state index in [0.717, 1.165) is 11.1 Å². The Balaban J connectivity index is 1.61. The number of nitriles is 1. The third-order valence-corrected chi connectivity index (χ3v) is 6.90. The first-order valence-electron chi connectivity index (χ1n) is 12.8. The molecule has 9 nitrogen and oxygen atoms in total. The van der Waals surface area contributed by atoms with E-state index < -0.39 is 23.6 Å². The number of ether oxygens (including phenoxy) is 6. The Morgan fingerprint density at radius 2 is 1.92 bits per heavy atom. The van der Waals surface area contributed by atoms with Gasteiger partial charge in [-0.3, -0.25) is 4.79 Å². The van der Waals surface area contributed by atoms with E-state index in [4.69, 9.17) is 28.4 Å². The molecule has 1 aliphatic carbocycles. The smallest absolute Gasteiger partial charge is 0.252 e. The minimum Gasteiger partial charge on any atom is -0.497 e. The number of nitrogens with zero attached hydrogens (tertiary/aromatic N) is 1. The van der Waals surface area contributed by atoms with Gasteiger partial charge in [0.1, 0.15) is 11.9 Å². The molecule has 0 radical (unpaired) electrons. The number of carbonyl (C=O) groups is 1. The molecule has 0 spiro atoms. The summed E-state index contributed by atoms with van der Waals surface area (Å²) in [6, 6.07) is 17.1. The van der Waals surface area contributed by atoms with Gasteiger partial charge < -0.3 is 33.7 Å². The van der Waals surface area contributed by atoms with Crippen LogP contribution in [0.25, 0.3) is 0 Å². The lowest BCUT2D eigenvalue weighted by Gasteiger charge is -2.43. The van der Waals surface area contributed by atoms with E-state index in [-0.39, 0.29) is 31.6 Å². The first kappa shape index (κ1) is 28.0. The zero-order valence-electron chi connectivity index (χ0n) is 22.4. The van der Waals surface area contributed by atoms with Crippen LogP contribution in [0.5, 0.6) is 5.75 Å². The summed E-state index contributed by atoms with van der Waals surface area (Å²) in [7, 11) is 3.19. The zero-order valence-corrected chi connectivity index (χ0v) is 22.4. The number of nitrogens with one attached hydrogen (secondary N) is 1. The maximum Gasteiger partial charge on any atom is 0.252 e. The van der Waals surface area contributed by atoms with Crippen LogP contribution >= 0.6 is 0 Å². The Kier molecular flexibility index (Phi) is 9.03. The monoisotopic (exact) mass is 524 g/mol. The first-order valence-corrected chi connectivity index (χ1v) is 12.8. The Morgan fingerprint density at radius 3 is 2.68 bits per heavy atom. The van der Waals surface area contributed by atoms with Crippen molar-refractivity contribution in [1.29, 1.82) is 5.26 Å². The molecule has 1 heterocycles. The minimum absolute atomic E-state index is 0.193. The standard InChI is InChI=1S/C29H36N2O7/c1-28(2)37-25-16-29(27(32)31-12-13-33-3,36-18-20-8-7-11-23(14-20)34-4)15-24(26(25)38-28)35-19-22-10-6-5-9-21(22)17-30/h5-11,14,24-26H,12-13,15-16,18-19H2,1-4H3,(H,31,32)/t24-,25+,26-,29+/m0/s1. The number of carbonyl (C=O) groups excluding carboxylic acids is 1. The average Bonchev–Trinajstić information content (AvgIpc) is 3.24. The zero-order chi connectivity index (χ0) is 27.2. The maximum atomic E-state index is 13.7. The van der Waals surface area contributed by atoms with Crippen molar-refractivity contribution in [2.45, 2.75) is 69.6 Å². The van der Waals surface area contributed by atoms with E-state index in [9.17, 15) is 10.1 Å². The van der Waals surface area contributed by atoms with Gasteiger partial charge >= 0.3 is 0 Å². The molecular weight excluding hydrogens is 488 g/mol. The molecule has 2 fully saturated rings. The molecule has 1 N–H and O–H groups in total. The molecule has 38 heavy (non-hydrogen) atoms. The molecule has 2 aliphatic rings. The average molecular weight is 525 g/mol. The van der Waals surface area contributed by atoms with Crippen LogP contribution in [0.15, 0.2) is 48.5 Å². The fourth-order valence-electron chi connectivity index (χ4n) is 5.07. The predicted octanol–water partition coefficient (Wildman–Crippen LogP) is 3.48. The van der Waals surface area contributed by atoms with Gasteiger partial charge in [-0.2, -0.15) is 5.26 Å². The lowest BCUT2D eigenvalue weighted by molar-refractivity contribution is -0.183. The van der Waals surface area contributed by atoms with Gasteiger partial charge in [0.05, 0.1) is 50.8 Å². The fraction of sp³-hybridized carbons (Fsp3) is 0.517. The van der Waals surface area contributed by atoms with Gasteiger partial charge in [0.2, 0.25) is 0 Å². The molecule has 0 aromatic heterocycles. The molecule has 1 saturated carbocycles. The molecule has 9 heteroatoms. The van der Waals surface area contributed by atoms with Crippen LogP contribution in [0.3, 0.4) is 0 Å². The van der Waals surface area contributed by atoms with E-state index in [0.29, 0.717) is 30.9 Å². The summed E-state index contributed by atoms with van der Waals surface area (Å²) in [4.78, 5) is 13.7. The lowest BCUT2D eigenvalue weighted by atomic mass is 9.78. The number of hydrogen-bond donors (Lipinski definition) is 1. The van der Waals surface area contributed by atoms with Crippen LogP contribution in [0.2, 0.25) is 0 Å². The summed E-state index contributed by atoms with van der Waals surface area (Å²) in [5.41, 5.74) is 0.950. The summed E-state index contributed by atoms with van der Waals surface area (Å²) >= 11 is 0. The summed E-state index contributed by atoms with van der Waals surface area (Å²) in [6.07, 6.45) is -0.766. The summed E-state index contributed by atoms with van der Waals surface area (Å²) in [6.45, 7) is 4.81. The van der Waals surface area contributed by atoms with Crippen molar-refractivity contribution in [3.8, 4) is 11.8 Å². The van der Waals surface area contributed by atoms with Crippen molar-refractivity contribution < 1.29 is 33.2 Å². The van der Waals surface area contributed by atoms with Gasteiger partial charge in [0.25, 0.3) is 5.91 Å². The van der Waals surface area contributed by atoms with Crippen LogP contribution in [0.4, 0.5) is 0 Å². The van der Waals surface area contributed by atoms with Gasteiger partial charge in [-0.1, -0.05) is 30.3 Å². The highest BCUT2D eigenvalue weighted by Crippen LogP contribution is 2.44. The van der Waals surface area contributed by atoms with Crippen molar-refractivity contribution in [2.24, 2.45) is 0 Å². The molecule has 1 aliphatic heterocycles. The van der Waals surface area contributed by atoms with Crippen LogP contribution < -0.4 is 10.1 Å². The Bertz CT molecular complexity index is 1150. The SMILES string of the molecule is COCCNC(=O)[C@@]1(OCc2cccc(OC)c2)C[C@H](OCc2ccccc2C#N)[C@@H]2OC(C)(C)O[C@@H]2C1. The third kappa shape index (κ3) is 6.52. The molecule has 0 bridgehead atoms. The molecule has 0 unspecified atom stereocenters. The second-order valence-corrected chi connectivity index (χ2v) is 10.0. The molecule has 4 rings (SSSR count). The number of amides is 1. The van der Waals surface area contributed by atoms with Gasteiger partial charge in [-0.05, 0) is 43.2 Å². The van der Waals surface area contributed by atoms with E-state index in [1.165, 1.54) is 0 Å². The van der Waals surface area contributed by atoms with Crippen molar-refractivity contribution in [2.75, 3.05) is 27.4 Å². The Hall–Kier alpha value is -3.00. The van der Waals surface area contributed by atoms with Crippen LogP contribution in [0, 0.1) is 11.3 Å². The number of methoxy groups -OCH3 is 2. The molecule has 204 valence electrons. The van der Waals surface area contributed by atoms with Crippen LogP contribution in [0.1, 0.15) is 43.4 Å². The van der Waals surface area contributed by atoms with E-state index in [1.807, 2.05) is 56.3 Å². The van der Waals surface area contributed by atoms with Crippen molar-refractivity contribution >= 4 is 5.91 Å². The van der Waals surface area contributed by atoms with Crippen molar-refractivity contribution in [3.05, 3.63) is 65.2 Å². The topological polar surface area (TPSA) is 108 Å². The summed E-state index contributed by atoms with van der Waals surface area (Å²) < 4.78 is 35.8. The second-order valence-electron chi connectivity index (χ2n) is 10.0. The Morgan fingerprint density at radius 1 is 1.11 bits per heavy atom. The van der Waals surface area contributed by atoms with Gasteiger partial charge in [-0.15, -0.1) is 0 Å². The molecule has 2 aromatic carbocycles. The largest absolute Gasteiger partial charge is 0.497 e. The highest BCUT2D eigenvalue weighted by molar-refractivity contribution is 5.85. The molecule has 2 aromatic rings. The van der Waals surface area contributed by atoms with Crippen molar-refractivity contribution in [1.82, 2.24) is 5.32 Å². The van der Waals surface area contributed by atoms with E-state index in [2.05, 4.69) is 11.4 Å². The van der Waals surface area contributed by atoms with E-state index >= 15 is 0 Å². The van der Waals surface area contributed by atoms with Gasteiger partial charge in [0.15, 0.2) is 11.4 Å². The number of benzene rings is 2. The quantitative estimate of drug-likeness (QED) is 0.445. The Labute approximate surface area is 223 Å². The molecule has 1 amide bonds. The molecular formula is C29H36N2O7. The fourth-order valence-corrected chi connectivity index (χ4v) is 5.07. The first-order chi connectivity index (χ1) is 18.3. The summed E-state index contributed by atoms with van der Waals surface area (Å²) in [5.74, 6) is -0.382. The number of hydrogen-bond acceptors (Lipinski definition) is 8. The van der Waals surface area contributed by atoms with E-state index in [1.54, 1.807) is 20.3 Å². The summed E-state index contributed by atoms with van der Waals surface area (Å²) in [5, 5.41) is 12.5. The lowest BCUT2D eigenvalue weighted by Crippen LogP contribution is -2.60. The predicted molar refractivity (Wildman–Crippen MR) is 138 cm³/mol. The van der Waals surface area contributed by atoms with Gasteiger partial charge in [0, 0.05) is 26.5 Å². The third-order valence-electron chi connectivity index (χ3n) is 6.90. The van der Waals surface area contributed by atoms with Crippen LogP contribution in [-0.4, -0.2) is 63.0 Å². The molecule has 1 saturated heterocycles. The number of fused-ring (bicyclic) bond motifs is 1. The maximum absolute atomic E-state index is 13.7. The highest BCUT2D eigenvalue weighted by atomic mass is 16.8.